The van der Waals surface area contributed by atoms with Gasteiger partial charge in [-0.1, -0.05) is 36.4 Å². The summed E-state index contributed by atoms with van der Waals surface area (Å²) in [6.07, 6.45) is 0. The van der Waals surface area contributed by atoms with Crippen molar-refractivity contribution < 1.29 is 18.6 Å². The average molecular weight is 379 g/mol. The predicted octanol–water partition coefficient (Wildman–Crippen LogP) is 3.25. The fourth-order valence-corrected chi connectivity index (χ4v) is 3.49. The Morgan fingerprint density at radius 3 is 1.39 bits per heavy atom. The van der Waals surface area contributed by atoms with E-state index in [1.165, 1.54) is 0 Å². The summed E-state index contributed by atoms with van der Waals surface area (Å²) in [4.78, 5) is 0. The molecule has 0 aromatic heterocycles. The molecule has 28 heavy (non-hydrogen) atoms. The fraction of sp³-hybridized carbons (Fsp3) is 0.500. The summed E-state index contributed by atoms with van der Waals surface area (Å²) >= 11 is 0. The topological polar surface area (TPSA) is 36.9 Å². The Balaban J connectivity index is 1.61. The molecule has 1 unspecified atom stereocenters. The van der Waals surface area contributed by atoms with Crippen molar-refractivity contribution in [3.8, 4) is 0 Å². The van der Waals surface area contributed by atoms with E-state index in [9.17, 15) is 0 Å². The van der Waals surface area contributed by atoms with Crippen LogP contribution in [0.25, 0.3) is 10.8 Å². The third kappa shape index (κ3) is 3.07. The fourth-order valence-electron chi connectivity index (χ4n) is 3.49. The monoisotopic (exact) mass is 379 g/mol. The van der Waals surface area contributed by atoms with Gasteiger partial charge in [-0.3, -0.25) is 0 Å². The lowest BCUT2D eigenvalue weighted by atomic mass is 9.76. The van der Waals surface area contributed by atoms with Crippen LogP contribution >= 0.6 is 0 Å². The first kappa shape index (κ1) is 19.8. The number of fused-ring (bicyclic) bond motifs is 1. The van der Waals surface area contributed by atoms with Crippen LogP contribution in [-0.2, 0) is 18.6 Å². The van der Waals surface area contributed by atoms with E-state index in [1.54, 1.807) is 0 Å². The maximum atomic E-state index is 6.18. The largest absolute Gasteiger partial charge is 0.498 e. The van der Waals surface area contributed by atoms with Crippen LogP contribution in [0.15, 0.2) is 36.4 Å². The number of rotatable bonds is 2. The zero-order valence-corrected chi connectivity index (χ0v) is 18.0. The summed E-state index contributed by atoms with van der Waals surface area (Å²) in [5.74, 6) is 0. The van der Waals surface area contributed by atoms with Crippen LogP contribution in [0.2, 0.25) is 0 Å². The zero-order chi connectivity index (χ0) is 20.5. The van der Waals surface area contributed by atoms with Crippen molar-refractivity contribution in [3.63, 3.8) is 0 Å². The van der Waals surface area contributed by atoms with E-state index < -0.39 is 18.3 Å². The van der Waals surface area contributed by atoms with E-state index in [0.29, 0.717) is 0 Å². The van der Waals surface area contributed by atoms with Gasteiger partial charge in [0.2, 0.25) is 5.60 Å². The van der Waals surface area contributed by atoms with Crippen molar-refractivity contribution >= 4 is 35.9 Å². The van der Waals surface area contributed by atoms with Crippen LogP contribution < -0.4 is 10.9 Å². The molecular weight excluding hydrogens is 350 g/mol. The first-order valence-electron chi connectivity index (χ1n) is 9.92. The van der Waals surface area contributed by atoms with Gasteiger partial charge in [-0.05, 0) is 63.2 Å². The normalized spacial score (nSPS) is 28.2. The molecule has 0 saturated carbocycles. The lowest BCUT2D eigenvalue weighted by Gasteiger charge is -2.32. The van der Waals surface area contributed by atoms with Gasteiger partial charge in [0.25, 0.3) is 0 Å². The predicted molar refractivity (Wildman–Crippen MR) is 115 cm³/mol. The van der Waals surface area contributed by atoms with Gasteiger partial charge in [0.05, 0.1) is 18.1 Å². The number of hydrogen-bond donors (Lipinski definition) is 0. The van der Waals surface area contributed by atoms with Gasteiger partial charge < -0.3 is 18.6 Å². The minimum absolute atomic E-state index is 0.346. The smallest absolute Gasteiger partial charge is 0.399 e. The Morgan fingerprint density at radius 1 is 0.607 bits per heavy atom. The van der Waals surface area contributed by atoms with Crippen molar-refractivity contribution in [1.29, 1.82) is 0 Å². The molecule has 2 aliphatic rings. The number of benzene rings is 2. The highest BCUT2D eigenvalue weighted by atomic mass is 16.7. The second kappa shape index (κ2) is 6.02. The van der Waals surface area contributed by atoms with Gasteiger partial charge in [0.1, 0.15) is 5.60 Å². The molecule has 2 aliphatic heterocycles. The Kier molecular flexibility index (Phi) is 4.27. The van der Waals surface area contributed by atoms with Gasteiger partial charge >= 0.3 is 14.2 Å². The highest BCUT2D eigenvalue weighted by Gasteiger charge is 2.57. The molecular formula is C22H29B2O4+. The first-order valence-corrected chi connectivity index (χ1v) is 9.92. The standard InChI is InChI=1S/C22H29B2O4/c1-19(2)20(3,4)26-23(25-19)17-11-9-16-14-18(12-10-15(16)13-17)24-27-21(5,6)22(7,8)28-24/h9-14H,1H2,2-8H3/q+1. The maximum Gasteiger partial charge on any atom is 0.498 e. The van der Waals surface area contributed by atoms with Gasteiger partial charge in [-0.15, -0.1) is 0 Å². The van der Waals surface area contributed by atoms with Gasteiger partial charge in [0, 0.05) is 6.92 Å². The molecule has 0 N–H and O–H groups in total. The lowest BCUT2D eigenvalue weighted by molar-refractivity contribution is 0.00578. The molecule has 2 saturated heterocycles. The summed E-state index contributed by atoms with van der Waals surface area (Å²) in [7, 11) is -0.770. The van der Waals surface area contributed by atoms with E-state index in [4.69, 9.17) is 18.6 Å². The molecule has 2 fully saturated rings. The third-order valence-corrected chi connectivity index (χ3v) is 6.73. The van der Waals surface area contributed by atoms with Crippen LogP contribution in [0.4, 0.5) is 0 Å². The van der Waals surface area contributed by atoms with Crippen LogP contribution in [0, 0.1) is 6.92 Å². The van der Waals surface area contributed by atoms with Crippen molar-refractivity contribution in [2.24, 2.45) is 0 Å². The lowest BCUT2D eigenvalue weighted by Crippen LogP contribution is -2.42. The Morgan fingerprint density at radius 2 is 1.00 bits per heavy atom. The van der Waals surface area contributed by atoms with Crippen molar-refractivity contribution in [2.45, 2.75) is 70.9 Å². The van der Waals surface area contributed by atoms with Gasteiger partial charge in [-0.2, -0.15) is 0 Å². The second-order valence-electron chi connectivity index (χ2n) is 9.76. The van der Waals surface area contributed by atoms with Crippen molar-refractivity contribution in [3.05, 3.63) is 43.3 Å². The van der Waals surface area contributed by atoms with E-state index in [-0.39, 0.29) is 18.3 Å². The molecule has 2 heterocycles. The van der Waals surface area contributed by atoms with E-state index in [1.807, 2.05) is 20.8 Å². The molecule has 0 radical (unpaired) electrons. The van der Waals surface area contributed by atoms with E-state index in [0.717, 1.165) is 21.7 Å². The molecule has 4 nitrogen and oxygen atoms in total. The van der Waals surface area contributed by atoms with E-state index in [2.05, 4.69) is 71.0 Å². The molecule has 2 aromatic carbocycles. The minimum atomic E-state index is -0.590. The summed E-state index contributed by atoms with van der Waals surface area (Å²) in [5, 5.41) is 2.26. The SMILES string of the molecule is [CH2+]C1(C)OB(c2ccc3cc(B4OC(C)(C)C(C)(C)O4)ccc3c2)OC1(C)C. The number of hydrogen-bond acceptors (Lipinski definition) is 4. The quantitative estimate of drug-likeness (QED) is 0.593. The molecule has 0 aliphatic carbocycles. The molecule has 4 rings (SSSR count). The molecule has 2 aromatic rings. The molecule has 146 valence electrons. The summed E-state index contributed by atoms with van der Waals surface area (Å²) in [6, 6.07) is 12.6. The molecule has 0 spiro atoms. The Hall–Kier alpha value is -1.46. The van der Waals surface area contributed by atoms with Crippen LogP contribution in [0.5, 0.6) is 0 Å². The molecule has 6 heteroatoms. The van der Waals surface area contributed by atoms with Crippen LogP contribution in [0.1, 0.15) is 48.5 Å². The van der Waals surface area contributed by atoms with Gasteiger partial charge in [-0.25, -0.2) is 0 Å². The molecule has 0 bridgehead atoms. The average Bonchev–Trinajstić information content (AvgIpc) is 2.93. The molecule has 1 atom stereocenters. The van der Waals surface area contributed by atoms with Crippen LogP contribution in [0.3, 0.4) is 0 Å². The minimum Gasteiger partial charge on any atom is -0.399 e. The van der Waals surface area contributed by atoms with E-state index >= 15 is 0 Å². The van der Waals surface area contributed by atoms with Gasteiger partial charge in [0.15, 0.2) is 0 Å². The third-order valence-electron chi connectivity index (χ3n) is 6.73. The first-order chi connectivity index (χ1) is 12.8. The zero-order valence-electron chi connectivity index (χ0n) is 18.0. The summed E-state index contributed by atoms with van der Waals surface area (Å²) in [6.45, 7) is 18.4. The summed E-state index contributed by atoms with van der Waals surface area (Å²) in [5.41, 5.74) is 0.290. The highest BCUT2D eigenvalue weighted by Crippen LogP contribution is 2.37. The highest BCUT2D eigenvalue weighted by molar-refractivity contribution is 6.63. The van der Waals surface area contributed by atoms with Crippen LogP contribution in [-0.4, -0.2) is 36.6 Å². The van der Waals surface area contributed by atoms with Crippen molar-refractivity contribution in [1.82, 2.24) is 0 Å². The Labute approximate surface area is 169 Å². The Bertz CT molecular complexity index is 813. The maximum absolute atomic E-state index is 6.18. The molecule has 0 amide bonds. The van der Waals surface area contributed by atoms with Crippen molar-refractivity contribution in [2.75, 3.05) is 0 Å². The summed E-state index contributed by atoms with van der Waals surface area (Å²) < 4.78 is 24.6. The second-order valence-corrected chi connectivity index (χ2v) is 9.76.